The molecule has 0 unspecified atom stereocenters. The molecule has 0 aliphatic heterocycles. The minimum absolute atomic E-state index is 0.0664. The van der Waals surface area contributed by atoms with Crippen LogP contribution in [-0.2, 0) is 9.84 Å². The average Bonchev–Trinajstić information content (AvgIpc) is 2.47. The van der Waals surface area contributed by atoms with Gasteiger partial charge in [0.1, 0.15) is 10.7 Å². The van der Waals surface area contributed by atoms with Gasteiger partial charge < -0.3 is 4.98 Å². The number of H-pyrrole nitrogens is 1. The number of halogens is 1. The van der Waals surface area contributed by atoms with Gasteiger partial charge in [-0.1, -0.05) is 42.9 Å². The first-order valence-corrected chi connectivity index (χ1v) is 8.49. The number of pyridine rings is 1. The summed E-state index contributed by atoms with van der Waals surface area (Å²) in [6.45, 7) is 1.55. The maximum atomic E-state index is 12.3. The van der Waals surface area contributed by atoms with Crippen LogP contribution in [0.25, 0.3) is 11.1 Å². The highest BCUT2D eigenvalue weighted by atomic mass is 35.5. The fourth-order valence-electron chi connectivity index (χ4n) is 1.92. The maximum absolute atomic E-state index is 12.3. The van der Waals surface area contributed by atoms with Gasteiger partial charge in [0.25, 0.3) is 0 Å². The van der Waals surface area contributed by atoms with Crippen molar-refractivity contribution in [2.24, 2.45) is 0 Å². The first-order valence-electron chi connectivity index (χ1n) is 6.05. The molecule has 1 N–H and O–H groups in total. The largest absolute Gasteiger partial charge is 0.350 e. The highest BCUT2D eigenvalue weighted by molar-refractivity contribution is 7.91. The molecule has 0 aliphatic rings. The molecule has 4 nitrogen and oxygen atoms in total. The Morgan fingerprint density at radius 1 is 1.33 bits per heavy atom. The summed E-state index contributed by atoms with van der Waals surface area (Å²) in [4.78, 5) is 2.74. The van der Waals surface area contributed by atoms with E-state index in [2.05, 4.69) is 4.98 Å². The van der Waals surface area contributed by atoms with E-state index in [-0.39, 0.29) is 20.9 Å². The van der Waals surface area contributed by atoms with E-state index in [1.54, 1.807) is 31.2 Å². The summed E-state index contributed by atoms with van der Waals surface area (Å²) in [6.07, 6.45) is 1.34. The Labute approximate surface area is 132 Å². The number of nitriles is 1. The van der Waals surface area contributed by atoms with Gasteiger partial charge in [0.05, 0.1) is 16.2 Å². The van der Waals surface area contributed by atoms with E-state index >= 15 is 0 Å². The topological polar surface area (TPSA) is 73.7 Å². The number of nitrogens with zero attached hydrogens (tertiary/aromatic N) is 1. The maximum Gasteiger partial charge on any atom is 0.180 e. The van der Waals surface area contributed by atoms with Crippen LogP contribution >= 0.6 is 23.8 Å². The van der Waals surface area contributed by atoms with Gasteiger partial charge in [0.2, 0.25) is 0 Å². The molecule has 0 atom stereocenters. The molecule has 0 spiro atoms. The number of aromatic amines is 1. The van der Waals surface area contributed by atoms with Gasteiger partial charge in [-0.2, -0.15) is 5.26 Å². The molecule has 2 rings (SSSR count). The zero-order valence-electron chi connectivity index (χ0n) is 11.1. The number of aromatic nitrogens is 1. The number of rotatable bonds is 3. The monoisotopic (exact) mass is 338 g/mol. The van der Waals surface area contributed by atoms with Gasteiger partial charge in [-0.25, -0.2) is 8.42 Å². The van der Waals surface area contributed by atoms with Gasteiger partial charge >= 0.3 is 0 Å². The lowest BCUT2D eigenvalue weighted by molar-refractivity contribution is 0.597. The summed E-state index contributed by atoms with van der Waals surface area (Å²) >= 11 is 10.9. The van der Waals surface area contributed by atoms with E-state index in [4.69, 9.17) is 23.8 Å². The van der Waals surface area contributed by atoms with Gasteiger partial charge in [0.15, 0.2) is 9.84 Å². The highest BCUT2D eigenvalue weighted by Crippen LogP contribution is 2.32. The highest BCUT2D eigenvalue weighted by Gasteiger charge is 2.22. The summed E-state index contributed by atoms with van der Waals surface area (Å²) in [5, 5.41) is 9.85. The second-order valence-corrected chi connectivity index (χ2v) is 7.35. The Morgan fingerprint density at radius 3 is 2.48 bits per heavy atom. The Morgan fingerprint density at radius 2 is 1.95 bits per heavy atom. The van der Waals surface area contributed by atoms with Crippen molar-refractivity contribution in [1.82, 2.24) is 4.98 Å². The van der Waals surface area contributed by atoms with E-state index in [9.17, 15) is 13.7 Å². The molecule has 0 aliphatic carbocycles. The van der Waals surface area contributed by atoms with Crippen LogP contribution in [0.15, 0.2) is 35.4 Å². The first-order chi connectivity index (χ1) is 9.90. The molecule has 21 heavy (non-hydrogen) atoms. The Balaban J connectivity index is 2.91. The van der Waals surface area contributed by atoms with E-state index in [1.807, 2.05) is 6.07 Å². The minimum Gasteiger partial charge on any atom is -0.350 e. The standard InChI is InChI=1S/C14H11ClN2O2S2/c1-2-21(18,19)12-8-17-14(20)11(7-16)13(12)9-3-5-10(15)6-4-9/h3-6,8H,2H2,1H3,(H,17,20). The summed E-state index contributed by atoms with van der Waals surface area (Å²) in [7, 11) is -3.50. The molecule has 0 bridgehead atoms. The van der Waals surface area contributed by atoms with E-state index in [0.29, 0.717) is 16.1 Å². The third-order valence-electron chi connectivity index (χ3n) is 3.02. The zero-order chi connectivity index (χ0) is 15.6. The first kappa shape index (κ1) is 15.7. The minimum atomic E-state index is -3.50. The van der Waals surface area contributed by atoms with Gasteiger partial charge in [-0.15, -0.1) is 0 Å². The molecule has 1 aromatic heterocycles. The van der Waals surface area contributed by atoms with E-state index in [0.717, 1.165) is 0 Å². The predicted molar refractivity (Wildman–Crippen MR) is 84.5 cm³/mol. The van der Waals surface area contributed by atoms with Crippen LogP contribution < -0.4 is 0 Å². The Hall–Kier alpha value is -1.68. The quantitative estimate of drug-likeness (QED) is 0.865. The van der Waals surface area contributed by atoms with Crippen molar-refractivity contribution < 1.29 is 8.42 Å². The number of hydrogen-bond donors (Lipinski definition) is 1. The molecular weight excluding hydrogens is 328 g/mol. The predicted octanol–water partition coefficient (Wildman–Crippen LogP) is 3.73. The molecule has 0 saturated carbocycles. The van der Waals surface area contributed by atoms with Crippen LogP contribution in [0.1, 0.15) is 12.5 Å². The molecule has 7 heteroatoms. The van der Waals surface area contributed by atoms with Crippen molar-refractivity contribution in [3.05, 3.63) is 45.7 Å². The number of benzene rings is 1. The van der Waals surface area contributed by atoms with Gasteiger partial charge in [0, 0.05) is 16.8 Å². The Kier molecular flexibility index (Phi) is 4.47. The number of nitrogens with one attached hydrogen (secondary N) is 1. The summed E-state index contributed by atoms with van der Waals surface area (Å²) in [5.41, 5.74) is 1.05. The van der Waals surface area contributed by atoms with E-state index in [1.165, 1.54) is 6.20 Å². The van der Waals surface area contributed by atoms with Crippen molar-refractivity contribution in [2.45, 2.75) is 11.8 Å². The average molecular weight is 339 g/mol. The van der Waals surface area contributed by atoms with Crippen molar-refractivity contribution in [3.8, 4) is 17.2 Å². The lowest BCUT2D eigenvalue weighted by Gasteiger charge is -2.11. The second kappa shape index (κ2) is 5.98. The molecule has 0 radical (unpaired) electrons. The van der Waals surface area contributed by atoms with Crippen LogP contribution in [-0.4, -0.2) is 19.2 Å². The fraction of sp³-hybridized carbons (Fsp3) is 0.143. The van der Waals surface area contributed by atoms with Crippen LogP contribution in [0.3, 0.4) is 0 Å². The van der Waals surface area contributed by atoms with Crippen molar-refractivity contribution in [1.29, 1.82) is 5.26 Å². The third kappa shape index (κ3) is 3.00. The normalized spacial score (nSPS) is 11.1. The third-order valence-corrected chi connectivity index (χ3v) is 5.34. The smallest absolute Gasteiger partial charge is 0.180 e. The van der Waals surface area contributed by atoms with Gasteiger partial charge in [-0.05, 0) is 17.7 Å². The molecular formula is C14H11ClN2O2S2. The van der Waals surface area contributed by atoms with E-state index < -0.39 is 9.84 Å². The van der Waals surface area contributed by atoms with Crippen molar-refractivity contribution in [2.75, 3.05) is 5.75 Å². The van der Waals surface area contributed by atoms with Gasteiger partial charge in [-0.3, -0.25) is 0 Å². The van der Waals surface area contributed by atoms with Crippen LogP contribution in [0.4, 0.5) is 0 Å². The molecule has 0 fully saturated rings. The Bertz CT molecular complexity index is 879. The van der Waals surface area contributed by atoms with Crippen LogP contribution in [0.5, 0.6) is 0 Å². The SMILES string of the molecule is CCS(=O)(=O)c1c[nH]c(=S)c(C#N)c1-c1ccc(Cl)cc1. The summed E-state index contributed by atoms with van der Waals surface area (Å²) < 4.78 is 24.7. The second-order valence-electron chi connectivity index (χ2n) is 4.25. The van der Waals surface area contributed by atoms with Crippen molar-refractivity contribution >= 4 is 33.7 Å². The molecule has 1 heterocycles. The number of hydrogen-bond acceptors (Lipinski definition) is 4. The van der Waals surface area contributed by atoms with Crippen molar-refractivity contribution in [3.63, 3.8) is 0 Å². The summed E-state index contributed by atoms with van der Waals surface area (Å²) in [5.74, 6) is -0.0664. The summed E-state index contributed by atoms with van der Waals surface area (Å²) in [6, 6.07) is 8.60. The molecule has 108 valence electrons. The lowest BCUT2D eigenvalue weighted by atomic mass is 10.0. The molecule has 1 aromatic carbocycles. The molecule has 0 amide bonds. The fourth-order valence-corrected chi connectivity index (χ4v) is 3.34. The molecule has 0 saturated heterocycles. The molecule has 2 aromatic rings. The van der Waals surface area contributed by atoms with Crippen LogP contribution in [0, 0.1) is 16.0 Å². The lowest BCUT2D eigenvalue weighted by Crippen LogP contribution is -2.08. The zero-order valence-corrected chi connectivity index (χ0v) is 13.4. The number of sulfone groups is 1. The van der Waals surface area contributed by atoms with Crippen LogP contribution in [0.2, 0.25) is 5.02 Å².